The smallest absolute Gasteiger partial charge is 0.305 e. The molecule has 0 spiro atoms. The van der Waals surface area contributed by atoms with Gasteiger partial charge in [-0.05, 0) is 54.2 Å². The summed E-state index contributed by atoms with van der Waals surface area (Å²) < 4.78 is 5.53. The number of hydrogen-bond acceptors (Lipinski definition) is 7. The molecule has 0 saturated heterocycles. The number of carboxylic acids is 1. The van der Waals surface area contributed by atoms with Crippen molar-refractivity contribution in [3.05, 3.63) is 101 Å². The molecule has 5 rings (SSSR count). The summed E-state index contributed by atoms with van der Waals surface area (Å²) in [5.41, 5.74) is 3.24. The molecule has 232 valence electrons. The summed E-state index contributed by atoms with van der Waals surface area (Å²) in [6, 6.07) is 20.1. The van der Waals surface area contributed by atoms with Gasteiger partial charge in [-0.1, -0.05) is 68.4 Å². The van der Waals surface area contributed by atoms with Crippen molar-refractivity contribution in [1.29, 1.82) is 0 Å². The van der Waals surface area contributed by atoms with Gasteiger partial charge in [0.15, 0.2) is 5.58 Å². The molecule has 2 atom stereocenters. The number of nitrogens with one attached hydrogen (secondary N) is 2. The molecule has 1 aliphatic carbocycles. The average molecular weight is 611 g/mol. The lowest BCUT2D eigenvalue weighted by atomic mass is 10.00. The standard InChI is InChI=1S/C34H34N4O7/c1-20(2)30(37-32(43)21-10-4-3-5-11-21)34(44)38(24-16-22-12-6-7-13-23(22)17-24)19-28(39)35-26(18-29(40)41)31(42)33-36-25-14-8-9-15-27(25)45-33/h3-15,20,24,26,30H,16-19H2,1-2H3,(H,35,39)(H,37,43)(H,40,41)/t26?,30-/m0/s1. The summed E-state index contributed by atoms with van der Waals surface area (Å²) in [6.07, 6.45) is 0.272. The molecule has 0 saturated carbocycles. The van der Waals surface area contributed by atoms with Crippen molar-refractivity contribution in [2.75, 3.05) is 6.54 Å². The molecule has 11 heteroatoms. The number of amides is 3. The molecule has 0 aliphatic heterocycles. The second-order valence-corrected chi connectivity index (χ2v) is 11.4. The summed E-state index contributed by atoms with van der Waals surface area (Å²) in [5, 5.41) is 14.9. The normalized spacial score (nSPS) is 14.0. The van der Waals surface area contributed by atoms with Crippen LogP contribution in [-0.2, 0) is 27.2 Å². The molecule has 3 amide bonds. The highest BCUT2D eigenvalue weighted by Crippen LogP contribution is 2.27. The van der Waals surface area contributed by atoms with Crippen LogP contribution in [0.3, 0.4) is 0 Å². The first-order valence-electron chi connectivity index (χ1n) is 14.7. The molecule has 1 aromatic heterocycles. The Balaban J connectivity index is 1.38. The summed E-state index contributed by atoms with van der Waals surface area (Å²) in [6.45, 7) is 3.15. The first-order valence-corrected chi connectivity index (χ1v) is 14.7. The molecular formula is C34H34N4O7. The maximum atomic E-state index is 14.2. The summed E-state index contributed by atoms with van der Waals surface area (Å²) in [4.78, 5) is 71.4. The number of fused-ring (bicyclic) bond motifs is 2. The predicted octanol–water partition coefficient (Wildman–Crippen LogP) is 3.42. The molecule has 1 aliphatic rings. The third-order valence-corrected chi connectivity index (χ3v) is 7.86. The zero-order chi connectivity index (χ0) is 32.1. The Kier molecular flexibility index (Phi) is 9.36. The first-order chi connectivity index (χ1) is 21.6. The number of oxazole rings is 1. The number of aliphatic carboxylic acids is 1. The van der Waals surface area contributed by atoms with Crippen LogP contribution in [0.4, 0.5) is 0 Å². The molecule has 1 heterocycles. The van der Waals surface area contributed by atoms with Gasteiger partial charge in [-0.2, -0.15) is 0 Å². The van der Waals surface area contributed by atoms with Crippen molar-refractivity contribution >= 4 is 40.6 Å². The number of nitrogens with zero attached hydrogens (tertiary/aromatic N) is 2. The lowest BCUT2D eigenvalue weighted by Gasteiger charge is -2.34. The third kappa shape index (κ3) is 7.26. The Morgan fingerprint density at radius 3 is 2.13 bits per heavy atom. The largest absolute Gasteiger partial charge is 0.481 e. The van der Waals surface area contributed by atoms with Crippen molar-refractivity contribution in [2.45, 2.75) is 51.2 Å². The highest BCUT2D eigenvalue weighted by atomic mass is 16.4. The fraction of sp³-hybridized carbons (Fsp3) is 0.294. The van der Waals surface area contributed by atoms with Gasteiger partial charge in [0.2, 0.25) is 17.6 Å². The minimum absolute atomic E-state index is 0.319. The maximum absolute atomic E-state index is 14.2. The van der Waals surface area contributed by atoms with E-state index in [1.807, 2.05) is 24.3 Å². The number of para-hydroxylation sites is 2. The number of aromatic nitrogens is 1. The lowest BCUT2D eigenvalue weighted by Crippen LogP contribution is -2.57. The Morgan fingerprint density at radius 2 is 1.51 bits per heavy atom. The van der Waals surface area contributed by atoms with Crippen LogP contribution >= 0.6 is 0 Å². The number of carboxylic acid groups (broad SMARTS) is 1. The molecule has 4 aromatic rings. The van der Waals surface area contributed by atoms with Crippen LogP contribution in [0, 0.1) is 5.92 Å². The van der Waals surface area contributed by atoms with Crippen molar-refractivity contribution in [3.63, 3.8) is 0 Å². The highest BCUT2D eigenvalue weighted by Gasteiger charge is 2.37. The maximum Gasteiger partial charge on any atom is 0.305 e. The molecule has 45 heavy (non-hydrogen) atoms. The van der Waals surface area contributed by atoms with E-state index in [2.05, 4.69) is 15.6 Å². The number of carbonyl (C=O) groups excluding carboxylic acids is 4. The van der Waals surface area contributed by atoms with Crippen molar-refractivity contribution in [1.82, 2.24) is 20.5 Å². The summed E-state index contributed by atoms with van der Waals surface area (Å²) in [5.74, 6) is -4.37. The van der Waals surface area contributed by atoms with E-state index < -0.39 is 60.6 Å². The van der Waals surface area contributed by atoms with Crippen molar-refractivity contribution in [3.8, 4) is 0 Å². The average Bonchev–Trinajstić information content (AvgIpc) is 3.66. The van der Waals surface area contributed by atoms with E-state index in [0.717, 1.165) is 11.1 Å². The Hall–Kier alpha value is -5.32. The van der Waals surface area contributed by atoms with Crippen molar-refractivity contribution in [2.24, 2.45) is 5.92 Å². The van der Waals surface area contributed by atoms with Crippen LogP contribution in [0.1, 0.15) is 52.4 Å². The van der Waals surface area contributed by atoms with Gasteiger partial charge in [0, 0.05) is 11.6 Å². The van der Waals surface area contributed by atoms with Gasteiger partial charge in [-0.3, -0.25) is 24.0 Å². The summed E-state index contributed by atoms with van der Waals surface area (Å²) in [7, 11) is 0. The van der Waals surface area contributed by atoms with E-state index in [1.54, 1.807) is 68.4 Å². The van der Waals surface area contributed by atoms with Gasteiger partial charge in [-0.25, -0.2) is 4.98 Å². The van der Waals surface area contributed by atoms with Crippen LogP contribution < -0.4 is 10.6 Å². The molecule has 1 unspecified atom stereocenters. The van der Waals surface area contributed by atoms with Crippen LogP contribution in [0.5, 0.6) is 0 Å². The van der Waals surface area contributed by atoms with E-state index in [4.69, 9.17) is 4.42 Å². The topological polar surface area (TPSA) is 159 Å². The van der Waals surface area contributed by atoms with Gasteiger partial charge in [-0.15, -0.1) is 0 Å². The molecule has 0 radical (unpaired) electrons. The minimum atomic E-state index is -1.49. The quantitative estimate of drug-likeness (QED) is 0.206. The monoisotopic (exact) mass is 610 g/mol. The number of benzene rings is 3. The van der Waals surface area contributed by atoms with E-state index in [0.29, 0.717) is 29.5 Å². The van der Waals surface area contributed by atoms with Gasteiger partial charge < -0.3 is 25.1 Å². The van der Waals surface area contributed by atoms with E-state index >= 15 is 0 Å². The third-order valence-electron chi connectivity index (χ3n) is 7.86. The number of hydrogen-bond donors (Lipinski definition) is 3. The van der Waals surface area contributed by atoms with Gasteiger partial charge in [0.05, 0.1) is 13.0 Å². The summed E-state index contributed by atoms with van der Waals surface area (Å²) >= 11 is 0. The minimum Gasteiger partial charge on any atom is -0.481 e. The molecule has 11 nitrogen and oxygen atoms in total. The van der Waals surface area contributed by atoms with E-state index in [-0.39, 0.29) is 11.8 Å². The predicted molar refractivity (Wildman–Crippen MR) is 164 cm³/mol. The van der Waals surface area contributed by atoms with Crippen LogP contribution in [0.2, 0.25) is 0 Å². The second-order valence-electron chi connectivity index (χ2n) is 11.4. The van der Waals surface area contributed by atoms with Gasteiger partial charge in [0.1, 0.15) is 17.6 Å². The highest BCUT2D eigenvalue weighted by molar-refractivity contribution is 6.02. The Morgan fingerprint density at radius 1 is 0.889 bits per heavy atom. The second kappa shape index (κ2) is 13.5. The van der Waals surface area contributed by atoms with E-state index in [1.165, 1.54) is 4.90 Å². The molecule has 3 N–H and O–H groups in total. The molecule has 0 bridgehead atoms. The zero-order valence-electron chi connectivity index (χ0n) is 24.9. The molecule has 0 fully saturated rings. The fourth-order valence-corrected chi connectivity index (χ4v) is 5.55. The number of rotatable bonds is 12. The molecule has 3 aromatic carbocycles. The fourth-order valence-electron chi connectivity index (χ4n) is 5.55. The van der Waals surface area contributed by atoms with Crippen molar-refractivity contribution < 1.29 is 33.5 Å². The number of ketones is 1. The van der Waals surface area contributed by atoms with E-state index in [9.17, 15) is 29.1 Å². The van der Waals surface area contributed by atoms with Crippen LogP contribution in [0.15, 0.2) is 83.3 Å². The first kappa shape index (κ1) is 31.1. The number of Topliss-reactive ketones (excluding diaryl/α,β-unsaturated/α-hetero) is 1. The Labute approximate surface area is 259 Å². The SMILES string of the molecule is CC(C)[C@H](NC(=O)c1ccccc1)C(=O)N(CC(=O)NC(CC(=O)O)C(=O)c1nc2ccccc2o1)C1Cc2ccccc2C1. The molecular weight excluding hydrogens is 576 g/mol. The van der Waals surface area contributed by atoms with Gasteiger partial charge >= 0.3 is 5.97 Å². The van der Waals surface area contributed by atoms with Gasteiger partial charge in [0.25, 0.3) is 11.8 Å². The number of carbonyl (C=O) groups is 5. The lowest BCUT2D eigenvalue weighted by molar-refractivity contribution is -0.141. The zero-order valence-corrected chi connectivity index (χ0v) is 24.9. The Bertz CT molecular complexity index is 1670. The van der Waals surface area contributed by atoms with Crippen LogP contribution in [0.25, 0.3) is 11.1 Å². The van der Waals surface area contributed by atoms with Crippen LogP contribution in [-0.4, -0.2) is 69.1 Å².